The maximum atomic E-state index is 10.4. The van der Waals surface area contributed by atoms with Gasteiger partial charge < -0.3 is 5.11 Å². The van der Waals surface area contributed by atoms with Gasteiger partial charge in [-0.3, -0.25) is 4.98 Å². The summed E-state index contributed by atoms with van der Waals surface area (Å²) in [6.07, 6.45) is 2.93. The Kier molecular flexibility index (Phi) is 1.78. The van der Waals surface area contributed by atoms with Crippen LogP contribution in [0.3, 0.4) is 0 Å². The SMILES string of the molecule is O=C(O)c1ncn(-c2cncs2)n1. The van der Waals surface area contributed by atoms with Gasteiger partial charge in [-0.05, 0) is 0 Å². The highest BCUT2D eigenvalue weighted by Gasteiger charge is 2.09. The predicted molar refractivity (Wildman–Crippen MR) is 44.0 cm³/mol. The van der Waals surface area contributed by atoms with Gasteiger partial charge in [0.25, 0.3) is 5.82 Å². The molecular formula is C6H4N4O2S. The van der Waals surface area contributed by atoms with Gasteiger partial charge in [0.1, 0.15) is 11.3 Å². The average molecular weight is 196 g/mol. The van der Waals surface area contributed by atoms with Crippen molar-refractivity contribution in [2.24, 2.45) is 0 Å². The zero-order valence-corrected chi connectivity index (χ0v) is 7.10. The summed E-state index contributed by atoms with van der Waals surface area (Å²) in [6.45, 7) is 0. The zero-order chi connectivity index (χ0) is 9.26. The molecule has 1 N–H and O–H groups in total. The van der Waals surface area contributed by atoms with Crippen molar-refractivity contribution >= 4 is 17.3 Å². The monoisotopic (exact) mass is 196 g/mol. The van der Waals surface area contributed by atoms with Crippen LogP contribution in [0.15, 0.2) is 18.0 Å². The van der Waals surface area contributed by atoms with Crippen molar-refractivity contribution in [2.45, 2.75) is 0 Å². The molecule has 0 bridgehead atoms. The number of nitrogens with zero attached hydrogens (tertiary/aromatic N) is 4. The van der Waals surface area contributed by atoms with E-state index >= 15 is 0 Å². The molecule has 0 aliphatic heterocycles. The molecule has 6 nitrogen and oxygen atoms in total. The Morgan fingerprint density at radius 3 is 3.00 bits per heavy atom. The summed E-state index contributed by atoms with van der Waals surface area (Å²) >= 11 is 1.36. The van der Waals surface area contributed by atoms with Crippen LogP contribution in [-0.2, 0) is 0 Å². The predicted octanol–water partition coefficient (Wildman–Crippen LogP) is 0.422. The zero-order valence-electron chi connectivity index (χ0n) is 6.28. The Labute approximate surface area is 76.5 Å². The normalized spacial score (nSPS) is 10.2. The molecule has 13 heavy (non-hydrogen) atoms. The van der Waals surface area contributed by atoms with Gasteiger partial charge in [0.05, 0.1) is 11.7 Å². The first-order valence-electron chi connectivity index (χ1n) is 3.31. The summed E-state index contributed by atoms with van der Waals surface area (Å²) in [5.74, 6) is -1.35. The Bertz CT molecular complexity index is 422. The molecule has 2 rings (SSSR count). The number of hydrogen-bond donors (Lipinski definition) is 1. The third-order valence-electron chi connectivity index (χ3n) is 1.33. The molecule has 2 aromatic rings. The topological polar surface area (TPSA) is 80.9 Å². The van der Waals surface area contributed by atoms with Crippen molar-refractivity contribution in [1.82, 2.24) is 19.7 Å². The lowest BCUT2D eigenvalue weighted by Gasteiger charge is -1.89. The van der Waals surface area contributed by atoms with Gasteiger partial charge in [-0.1, -0.05) is 0 Å². The molecule has 0 spiro atoms. The number of carboxylic acid groups (broad SMARTS) is 1. The van der Waals surface area contributed by atoms with Gasteiger partial charge in [0.2, 0.25) is 0 Å². The summed E-state index contributed by atoms with van der Waals surface area (Å²) < 4.78 is 1.38. The van der Waals surface area contributed by atoms with Crippen molar-refractivity contribution in [3.63, 3.8) is 0 Å². The summed E-state index contributed by atoms with van der Waals surface area (Å²) in [4.78, 5) is 17.9. The minimum absolute atomic E-state index is 0.214. The fourth-order valence-electron chi connectivity index (χ4n) is 0.789. The summed E-state index contributed by atoms with van der Waals surface area (Å²) in [7, 11) is 0. The van der Waals surface area contributed by atoms with Crippen molar-refractivity contribution in [1.29, 1.82) is 0 Å². The minimum atomic E-state index is -1.14. The molecule has 0 aromatic carbocycles. The van der Waals surface area contributed by atoms with E-state index in [0.717, 1.165) is 5.00 Å². The summed E-state index contributed by atoms with van der Waals surface area (Å²) in [5, 5.41) is 13.0. The first-order valence-corrected chi connectivity index (χ1v) is 4.19. The lowest BCUT2D eigenvalue weighted by Crippen LogP contribution is -2.00. The van der Waals surface area contributed by atoms with E-state index in [0.29, 0.717) is 0 Å². The second-order valence-electron chi connectivity index (χ2n) is 2.16. The van der Waals surface area contributed by atoms with E-state index < -0.39 is 5.97 Å². The molecule has 0 amide bonds. The number of aromatic carboxylic acids is 1. The first kappa shape index (κ1) is 7.87. The molecule has 0 aliphatic rings. The van der Waals surface area contributed by atoms with Crippen LogP contribution in [0.25, 0.3) is 5.00 Å². The number of carbonyl (C=O) groups is 1. The lowest BCUT2D eigenvalue weighted by atomic mass is 10.7. The molecule has 2 aromatic heterocycles. The average Bonchev–Trinajstić information content (AvgIpc) is 2.75. The van der Waals surface area contributed by atoms with Crippen molar-refractivity contribution in [2.75, 3.05) is 0 Å². The number of aromatic nitrogens is 4. The van der Waals surface area contributed by atoms with E-state index in [1.807, 2.05) is 0 Å². The molecule has 0 atom stereocenters. The van der Waals surface area contributed by atoms with E-state index in [1.54, 1.807) is 11.7 Å². The summed E-state index contributed by atoms with van der Waals surface area (Å²) in [5.41, 5.74) is 1.64. The maximum Gasteiger partial charge on any atom is 0.375 e. The van der Waals surface area contributed by atoms with E-state index in [1.165, 1.54) is 22.3 Å². The van der Waals surface area contributed by atoms with Gasteiger partial charge in [-0.15, -0.1) is 16.4 Å². The molecule has 0 fully saturated rings. The molecule has 0 aliphatic carbocycles. The van der Waals surface area contributed by atoms with Crippen LogP contribution in [0.4, 0.5) is 0 Å². The molecule has 66 valence electrons. The third-order valence-corrected chi connectivity index (χ3v) is 2.09. The van der Waals surface area contributed by atoms with Gasteiger partial charge in [0, 0.05) is 0 Å². The van der Waals surface area contributed by atoms with Crippen molar-refractivity contribution < 1.29 is 9.90 Å². The standard InChI is InChI=1S/C6H4N4O2S/c11-6(12)5-8-2-10(9-5)4-1-7-3-13-4/h1-3H,(H,11,12). The highest BCUT2D eigenvalue weighted by Crippen LogP contribution is 2.10. The van der Waals surface area contributed by atoms with Crippen LogP contribution in [-0.4, -0.2) is 30.8 Å². The van der Waals surface area contributed by atoms with Gasteiger partial charge >= 0.3 is 5.97 Å². The van der Waals surface area contributed by atoms with Crippen LogP contribution in [0, 0.1) is 0 Å². The maximum absolute atomic E-state index is 10.4. The Balaban J connectivity index is 2.39. The molecule has 2 heterocycles. The molecule has 0 unspecified atom stereocenters. The van der Waals surface area contributed by atoms with Crippen molar-refractivity contribution in [3.8, 4) is 5.00 Å². The van der Waals surface area contributed by atoms with E-state index in [-0.39, 0.29) is 5.82 Å². The highest BCUT2D eigenvalue weighted by molar-refractivity contribution is 7.12. The number of thiazole rings is 1. The fraction of sp³-hybridized carbons (Fsp3) is 0. The fourth-order valence-corrected chi connectivity index (χ4v) is 1.34. The van der Waals surface area contributed by atoms with Crippen LogP contribution < -0.4 is 0 Å². The Morgan fingerprint density at radius 2 is 2.46 bits per heavy atom. The van der Waals surface area contributed by atoms with Crippen LogP contribution in [0.5, 0.6) is 0 Å². The van der Waals surface area contributed by atoms with E-state index in [2.05, 4.69) is 15.1 Å². The second kappa shape index (κ2) is 2.94. The first-order chi connectivity index (χ1) is 6.27. The molecule has 0 radical (unpaired) electrons. The number of carboxylic acids is 1. The third kappa shape index (κ3) is 1.41. The molecule has 0 saturated carbocycles. The number of hydrogen-bond acceptors (Lipinski definition) is 5. The minimum Gasteiger partial charge on any atom is -0.475 e. The van der Waals surface area contributed by atoms with Crippen LogP contribution in [0.2, 0.25) is 0 Å². The van der Waals surface area contributed by atoms with Crippen molar-refractivity contribution in [3.05, 3.63) is 23.9 Å². The van der Waals surface area contributed by atoms with E-state index in [9.17, 15) is 4.79 Å². The van der Waals surface area contributed by atoms with Crippen LogP contribution in [0.1, 0.15) is 10.6 Å². The molecular weight excluding hydrogens is 192 g/mol. The largest absolute Gasteiger partial charge is 0.475 e. The van der Waals surface area contributed by atoms with E-state index in [4.69, 9.17) is 5.11 Å². The lowest BCUT2D eigenvalue weighted by molar-refractivity contribution is 0.0683. The smallest absolute Gasteiger partial charge is 0.375 e. The summed E-state index contributed by atoms with van der Waals surface area (Å²) in [6, 6.07) is 0. The van der Waals surface area contributed by atoms with Gasteiger partial charge in [0.15, 0.2) is 0 Å². The van der Waals surface area contributed by atoms with Crippen LogP contribution >= 0.6 is 11.3 Å². The molecule has 7 heteroatoms. The molecule has 0 saturated heterocycles. The number of rotatable bonds is 2. The highest BCUT2D eigenvalue weighted by atomic mass is 32.1. The Hall–Kier alpha value is -1.76. The Morgan fingerprint density at radius 1 is 1.62 bits per heavy atom. The second-order valence-corrected chi connectivity index (χ2v) is 3.02. The van der Waals surface area contributed by atoms with Gasteiger partial charge in [-0.2, -0.15) is 0 Å². The quantitative estimate of drug-likeness (QED) is 0.752. The van der Waals surface area contributed by atoms with Gasteiger partial charge in [-0.25, -0.2) is 14.5 Å².